The van der Waals surface area contributed by atoms with Gasteiger partial charge in [-0.05, 0) is 33.6 Å². The molecule has 2 rings (SSSR count). The molecule has 1 saturated heterocycles. The summed E-state index contributed by atoms with van der Waals surface area (Å²) in [5, 5.41) is 3.46. The van der Waals surface area contributed by atoms with Crippen molar-refractivity contribution in [3.63, 3.8) is 0 Å². The molecule has 106 valence electrons. The molecule has 1 aromatic rings. The van der Waals surface area contributed by atoms with Crippen molar-refractivity contribution in [2.45, 2.75) is 12.2 Å². The van der Waals surface area contributed by atoms with Gasteiger partial charge in [-0.2, -0.15) is 13.2 Å². The van der Waals surface area contributed by atoms with E-state index in [1.807, 2.05) is 0 Å². The smallest absolute Gasteiger partial charge is 0.314 e. The monoisotopic (exact) mass is 356 g/mol. The largest absolute Gasteiger partial charge is 0.408 e. The number of hydrogen-bond donors (Lipinski definition) is 1. The number of benzene rings is 1. The molecule has 0 aliphatic carbocycles. The molecule has 0 saturated carbocycles. The van der Waals surface area contributed by atoms with E-state index in [0.29, 0.717) is 35.7 Å². The van der Waals surface area contributed by atoms with Crippen LogP contribution in [0.5, 0.6) is 0 Å². The second-order valence-corrected chi connectivity index (χ2v) is 5.67. The number of alkyl halides is 3. The van der Waals surface area contributed by atoms with E-state index in [1.54, 1.807) is 0 Å². The number of halogens is 5. The van der Waals surface area contributed by atoms with Crippen LogP contribution in [0.25, 0.3) is 0 Å². The van der Waals surface area contributed by atoms with Gasteiger partial charge in [-0.1, -0.05) is 17.7 Å². The Morgan fingerprint density at radius 2 is 1.89 bits per heavy atom. The Balaban J connectivity index is 2.33. The van der Waals surface area contributed by atoms with Crippen molar-refractivity contribution in [1.82, 2.24) is 10.2 Å². The van der Waals surface area contributed by atoms with E-state index in [0.717, 1.165) is 0 Å². The van der Waals surface area contributed by atoms with Gasteiger partial charge in [-0.15, -0.1) is 0 Å². The normalized spacial score (nSPS) is 19.4. The molecule has 1 aliphatic rings. The average Bonchev–Trinajstić information content (AvgIpc) is 2.34. The molecule has 1 aliphatic heterocycles. The molecule has 1 fully saturated rings. The van der Waals surface area contributed by atoms with Gasteiger partial charge in [0.2, 0.25) is 0 Å². The fourth-order valence-corrected chi connectivity index (χ4v) is 2.74. The lowest BCUT2D eigenvalue weighted by Crippen LogP contribution is -2.49. The molecule has 1 heterocycles. The standard InChI is InChI=1S/C12H13BrClF3N2/c13-9-7-8(1-2-10(9)14)11(12(15,16)17)19-5-3-18-4-6-19/h1-2,7,11,18H,3-6H2/t11-/m0/s1. The van der Waals surface area contributed by atoms with Crippen LogP contribution in [0, 0.1) is 0 Å². The molecule has 0 bridgehead atoms. The third-order valence-electron chi connectivity index (χ3n) is 3.09. The van der Waals surface area contributed by atoms with Crippen molar-refractivity contribution < 1.29 is 13.2 Å². The second kappa shape index (κ2) is 5.99. The highest BCUT2D eigenvalue weighted by atomic mass is 79.9. The SMILES string of the molecule is FC(F)(F)[C@H](c1ccc(Cl)c(Br)c1)N1CCNCC1. The first kappa shape index (κ1) is 15.1. The Kier molecular flexibility index (Phi) is 4.76. The maximum absolute atomic E-state index is 13.3. The van der Waals surface area contributed by atoms with Crippen molar-refractivity contribution in [3.05, 3.63) is 33.3 Å². The first-order valence-corrected chi connectivity index (χ1v) is 7.03. The third-order valence-corrected chi connectivity index (χ3v) is 4.30. The lowest BCUT2D eigenvalue weighted by Gasteiger charge is -2.36. The van der Waals surface area contributed by atoms with E-state index in [1.165, 1.54) is 23.1 Å². The summed E-state index contributed by atoms with van der Waals surface area (Å²) in [5.74, 6) is 0. The predicted molar refractivity (Wildman–Crippen MR) is 72.4 cm³/mol. The number of piperazine rings is 1. The van der Waals surface area contributed by atoms with Crippen molar-refractivity contribution >= 4 is 27.5 Å². The van der Waals surface area contributed by atoms with E-state index >= 15 is 0 Å². The summed E-state index contributed by atoms with van der Waals surface area (Å²) < 4.78 is 40.4. The van der Waals surface area contributed by atoms with Crippen molar-refractivity contribution in [3.8, 4) is 0 Å². The van der Waals surface area contributed by atoms with Crippen LogP contribution >= 0.6 is 27.5 Å². The van der Waals surface area contributed by atoms with Gasteiger partial charge in [0.25, 0.3) is 0 Å². The van der Waals surface area contributed by atoms with Crippen LogP contribution in [0.3, 0.4) is 0 Å². The zero-order valence-corrected chi connectivity index (χ0v) is 12.3. The van der Waals surface area contributed by atoms with Gasteiger partial charge in [0.15, 0.2) is 0 Å². The molecule has 1 aromatic carbocycles. The highest BCUT2D eigenvalue weighted by Gasteiger charge is 2.44. The summed E-state index contributed by atoms with van der Waals surface area (Å²) >= 11 is 9.01. The molecule has 7 heteroatoms. The number of nitrogens with zero attached hydrogens (tertiary/aromatic N) is 1. The first-order chi connectivity index (χ1) is 8.89. The van der Waals surface area contributed by atoms with E-state index < -0.39 is 12.2 Å². The zero-order valence-electron chi connectivity index (χ0n) is 9.97. The quantitative estimate of drug-likeness (QED) is 0.870. The molecular weight excluding hydrogens is 344 g/mol. The maximum Gasteiger partial charge on any atom is 0.408 e. The Morgan fingerprint density at radius 3 is 2.42 bits per heavy atom. The molecule has 1 atom stereocenters. The van der Waals surface area contributed by atoms with Gasteiger partial charge in [-0.25, -0.2) is 0 Å². The Hall–Kier alpha value is -0.300. The van der Waals surface area contributed by atoms with Crippen LogP contribution in [-0.4, -0.2) is 37.3 Å². The molecule has 0 radical (unpaired) electrons. The summed E-state index contributed by atoms with van der Waals surface area (Å²) in [6, 6.07) is 2.79. The van der Waals surface area contributed by atoms with Crippen LogP contribution in [-0.2, 0) is 0 Å². The summed E-state index contributed by atoms with van der Waals surface area (Å²) in [4.78, 5) is 1.45. The van der Waals surface area contributed by atoms with Crippen LogP contribution in [0.1, 0.15) is 11.6 Å². The van der Waals surface area contributed by atoms with E-state index in [-0.39, 0.29) is 5.56 Å². The van der Waals surface area contributed by atoms with Gasteiger partial charge >= 0.3 is 6.18 Å². The lowest BCUT2D eigenvalue weighted by atomic mass is 10.0. The molecule has 0 aromatic heterocycles. The van der Waals surface area contributed by atoms with E-state index in [9.17, 15) is 13.2 Å². The summed E-state index contributed by atoms with van der Waals surface area (Å²) in [5.41, 5.74) is 0.214. The summed E-state index contributed by atoms with van der Waals surface area (Å²) in [7, 11) is 0. The van der Waals surface area contributed by atoms with E-state index in [2.05, 4.69) is 21.2 Å². The number of hydrogen-bond acceptors (Lipinski definition) is 2. The molecule has 19 heavy (non-hydrogen) atoms. The molecule has 0 amide bonds. The van der Waals surface area contributed by atoms with Gasteiger partial charge in [-0.3, -0.25) is 4.90 Å². The number of rotatable bonds is 2. The Morgan fingerprint density at radius 1 is 1.26 bits per heavy atom. The maximum atomic E-state index is 13.3. The van der Waals surface area contributed by atoms with Crippen LogP contribution in [0.15, 0.2) is 22.7 Å². The molecule has 0 unspecified atom stereocenters. The summed E-state index contributed by atoms with van der Waals surface area (Å²) in [6.45, 7) is 1.90. The van der Waals surface area contributed by atoms with Gasteiger partial charge in [0.05, 0.1) is 5.02 Å². The van der Waals surface area contributed by atoms with Crippen LogP contribution in [0.4, 0.5) is 13.2 Å². The highest BCUT2D eigenvalue weighted by molar-refractivity contribution is 9.10. The van der Waals surface area contributed by atoms with Crippen LogP contribution in [0.2, 0.25) is 5.02 Å². The molecule has 1 N–H and O–H groups in total. The van der Waals surface area contributed by atoms with Crippen molar-refractivity contribution in [2.24, 2.45) is 0 Å². The minimum Gasteiger partial charge on any atom is -0.314 e. The van der Waals surface area contributed by atoms with Crippen molar-refractivity contribution in [1.29, 1.82) is 0 Å². The third kappa shape index (κ3) is 3.62. The van der Waals surface area contributed by atoms with E-state index in [4.69, 9.17) is 11.6 Å². The molecule has 2 nitrogen and oxygen atoms in total. The summed E-state index contributed by atoms with van der Waals surface area (Å²) in [6.07, 6.45) is -4.30. The topological polar surface area (TPSA) is 15.3 Å². The molecule has 0 spiro atoms. The Labute approximate surface area is 123 Å². The number of nitrogens with one attached hydrogen (secondary N) is 1. The van der Waals surface area contributed by atoms with Gasteiger partial charge in [0, 0.05) is 30.7 Å². The zero-order chi connectivity index (χ0) is 14.0. The Bertz CT molecular complexity index is 447. The van der Waals surface area contributed by atoms with Crippen LogP contribution < -0.4 is 5.32 Å². The fourth-order valence-electron chi connectivity index (χ4n) is 2.23. The first-order valence-electron chi connectivity index (χ1n) is 5.86. The minimum absolute atomic E-state index is 0.214. The second-order valence-electron chi connectivity index (χ2n) is 4.40. The van der Waals surface area contributed by atoms with Gasteiger partial charge in [0.1, 0.15) is 6.04 Å². The fraction of sp³-hybridized carbons (Fsp3) is 0.500. The highest BCUT2D eigenvalue weighted by Crippen LogP contribution is 2.39. The van der Waals surface area contributed by atoms with Crippen molar-refractivity contribution in [2.75, 3.05) is 26.2 Å². The average molecular weight is 358 g/mol. The van der Waals surface area contributed by atoms with Gasteiger partial charge < -0.3 is 5.32 Å². The lowest BCUT2D eigenvalue weighted by molar-refractivity contribution is -0.187. The predicted octanol–water partition coefficient (Wildman–Crippen LogP) is 3.61. The minimum atomic E-state index is -4.30. The molecular formula is C12H13BrClF3N2.